The van der Waals surface area contributed by atoms with Crippen molar-refractivity contribution < 1.29 is 4.92 Å². The third kappa shape index (κ3) is 1.82. The highest BCUT2D eigenvalue weighted by Gasteiger charge is 2.20. The van der Waals surface area contributed by atoms with Crippen LogP contribution in [0.4, 0.5) is 5.69 Å². The summed E-state index contributed by atoms with van der Waals surface area (Å²) in [4.78, 5) is 10.2. The van der Waals surface area contributed by atoms with Gasteiger partial charge in [0.25, 0.3) is 0 Å². The highest BCUT2D eigenvalue weighted by Crippen LogP contribution is 2.22. The van der Waals surface area contributed by atoms with Crippen molar-refractivity contribution in [2.75, 3.05) is 6.26 Å². The highest BCUT2D eigenvalue weighted by atomic mass is 32.2. The average molecular weight is 201 g/mol. The van der Waals surface area contributed by atoms with Gasteiger partial charge in [-0.15, -0.1) is 11.8 Å². The van der Waals surface area contributed by atoms with Crippen LogP contribution in [0, 0.1) is 24.0 Å². The van der Waals surface area contributed by atoms with Gasteiger partial charge in [0.15, 0.2) is 0 Å². The maximum Gasteiger partial charge on any atom is 0.312 e. The zero-order valence-electron chi connectivity index (χ0n) is 7.77. The van der Waals surface area contributed by atoms with Crippen LogP contribution >= 0.6 is 11.8 Å². The summed E-state index contributed by atoms with van der Waals surface area (Å²) < 4.78 is 1.65. The Morgan fingerprint density at radius 2 is 2.23 bits per heavy atom. The highest BCUT2D eigenvalue weighted by molar-refractivity contribution is 7.97. The Labute approximate surface area is 80.3 Å². The predicted octanol–water partition coefficient (Wildman–Crippen LogP) is 1.73. The fourth-order valence-electron chi connectivity index (χ4n) is 1.20. The Morgan fingerprint density at radius 3 is 2.62 bits per heavy atom. The molecule has 0 radical (unpaired) electrons. The molecular formula is C7H11N3O2S. The van der Waals surface area contributed by atoms with Crippen molar-refractivity contribution >= 4 is 17.4 Å². The molecule has 0 spiro atoms. The van der Waals surface area contributed by atoms with Crippen LogP contribution in [0.2, 0.25) is 0 Å². The van der Waals surface area contributed by atoms with E-state index in [1.165, 1.54) is 0 Å². The first-order valence-electron chi connectivity index (χ1n) is 3.75. The second-order valence-corrected chi connectivity index (χ2v) is 3.53. The van der Waals surface area contributed by atoms with E-state index in [2.05, 4.69) is 5.10 Å². The first-order valence-corrected chi connectivity index (χ1v) is 5.14. The molecule has 5 nitrogen and oxygen atoms in total. The van der Waals surface area contributed by atoms with E-state index in [4.69, 9.17) is 0 Å². The molecule has 1 aromatic heterocycles. The first kappa shape index (κ1) is 10.0. The van der Waals surface area contributed by atoms with Gasteiger partial charge < -0.3 is 0 Å². The van der Waals surface area contributed by atoms with Crippen LogP contribution in [0.15, 0.2) is 0 Å². The minimum absolute atomic E-state index is 0.133. The third-order valence-corrected chi connectivity index (χ3v) is 2.28. The van der Waals surface area contributed by atoms with Gasteiger partial charge in [0.2, 0.25) is 0 Å². The molecule has 0 amide bonds. The van der Waals surface area contributed by atoms with E-state index >= 15 is 0 Å². The molecule has 0 saturated carbocycles. The number of aryl methyl sites for hydroxylation is 1. The van der Waals surface area contributed by atoms with Crippen LogP contribution in [0.3, 0.4) is 0 Å². The summed E-state index contributed by atoms with van der Waals surface area (Å²) in [5, 5.41) is 14.7. The first-order chi connectivity index (χ1) is 6.07. The van der Waals surface area contributed by atoms with Crippen molar-refractivity contribution in [3.63, 3.8) is 0 Å². The SMILES string of the molecule is CSCn1nc(C)c([N+](=O)[O-])c1C. The van der Waals surface area contributed by atoms with Gasteiger partial charge in [-0.25, -0.2) is 0 Å². The summed E-state index contributed by atoms with van der Waals surface area (Å²) in [6.45, 7) is 3.37. The Morgan fingerprint density at radius 1 is 1.62 bits per heavy atom. The number of rotatable bonds is 3. The molecule has 0 atom stereocenters. The van der Waals surface area contributed by atoms with Crippen LogP contribution in [-0.4, -0.2) is 21.0 Å². The van der Waals surface area contributed by atoms with Gasteiger partial charge in [0.05, 0.1) is 10.8 Å². The molecule has 0 bridgehead atoms. The summed E-state index contributed by atoms with van der Waals surface area (Å²) in [7, 11) is 0. The second kappa shape index (κ2) is 3.78. The number of hydrogen-bond donors (Lipinski definition) is 0. The van der Waals surface area contributed by atoms with Crippen molar-refractivity contribution in [3.8, 4) is 0 Å². The molecule has 0 fully saturated rings. The topological polar surface area (TPSA) is 61.0 Å². The molecular weight excluding hydrogens is 190 g/mol. The quantitative estimate of drug-likeness (QED) is 0.552. The van der Waals surface area contributed by atoms with E-state index < -0.39 is 0 Å². The van der Waals surface area contributed by atoms with Gasteiger partial charge >= 0.3 is 5.69 Å². The van der Waals surface area contributed by atoms with Gasteiger partial charge in [-0.05, 0) is 20.1 Å². The van der Waals surface area contributed by atoms with E-state index in [0.29, 0.717) is 17.3 Å². The largest absolute Gasteiger partial charge is 0.312 e. The zero-order chi connectivity index (χ0) is 10.0. The zero-order valence-corrected chi connectivity index (χ0v) is 8.59. The lowest BCUT2D eigenvalue weighted by atomic mass is 10.3. The minimum atomic E-state index is -0.380. The minimum Gasteiger partial charge on any atom is -0.258 e. The lowest BCUT2D eigenvalue weighted by Gasteiger charge is -1.98. The standard InChI is InChI=1S/C7H11N3O2S/c1-5-7(10(11)12)6(2)9(8-5)4-13-3/h4H2,1-3H3. The monoisotopic (exact) mass is 201 g/mol. The maximum atomic E-state index is 10.6. The lowest BCUT2D eigenvalue weighted by Crippen LogP contribution is -1.99. The van der Waals surface area contributed by atoms with Gasteiger partial charge in [-0.3, -0.25) is 14.8 Å². The van der Waals surface area contributed by atoms with Gasteiger partial charge in [-0.1, -0.05) is 0 Å². The van der Waals surface area contributed by atoms with Gasteiger partial charge in [0, 0.05) is 0 Å². The summed E-state index contributed by atoms with van der Waals surface area (Å²) >= 11 is 1.58. The molecule has 1 heterocycles. The van der Waals surface area contributed by atoms with Crippen LogP contribution in [0.1, 0.15) is 11.4 Å². The van der Waals surface area contributed by atoms with Gasteiger partial charge in [-0.2, -0.15) is 5.10 Å². The summed E-state index contributed by atoms with van der Waals surface area (Å²) in [6, 6.07) is 0. The molecule has 72 valence electrons. The fourth-order valence-corrected chi connectivity index (χ4v) is 1.70. The maximum absolute atomic E-state index is 10.6. The molecule has 1 aromatic rings. The Balaban J connectivity index is 3.14. The smallest absolute Gasteiger partial charge is 0.258 e. The normalized spacial score (nSPS) is 10.4. The molecule has 13 heavy (non-hydrogen) atoms. The molecule has 1 rings (SSSR count). The summed E-state index contributed by atoms with van der Waals surface area (Å²) in [5.74, 6) is 0.653. The van der Waals surface area contributed by atoms with Crippen molar-refractivity contribution in [2.45, 2.75) is 19.7 Å². The number of nitrogens with zero attached hydrogens (tertiary/aromatic N) is 3. The summed E-state index contributed by atoms with van der Waals surface area (Å²) in [5.41, 5.74) is 1.24. The Bertz CT molecular complexity index is 335. The van der Waals surface area contributed by atoms with Crippen LogP contribution in [-0.2, 0) is 5.88 Å². The lowest BCUT2D eigenvalue weighted by molar-refractivity contribution is -0.386. The van der Waals surface area contributed by atoms with E-state index in [0.717, 1.165) is 0 Å². The molecule has 0 aliphatic rings. The predicted molar refractivity (Wildman–Crippen MR) is 51.9 cm³/mol. The van der Waals surface area contributed by atoms with E-state index in [1.807, 2.05) is 6.26 Å². The molecule has 0 aromatic carbocycles. The van der Waals surface area contributed by atoms with Crippen LogP contribution < -0.4 is 0 Å². The molecule has 0 N–H and O–H groups in total. The average Bonchev–Trinajstić information content (AvgIpc) is 2.28. The molecule has 0 aliphatic carbocycles. The fraction of sp³-hybridized carbons (Fsp3) is 0.571. The number of thioether (sulfide) groups is 1. The number of hydrogen-bond acceptors (Lipinski definition) is 4. The van der Waals surface area contributed by atoms with E-state index in [9.17, 15) is 10.1 Å². The van der Waals surface area contributed by atoms with Gasteiger partial charge in [0.1, 0.15) is 11.4 Å². The molecule has 0 unspecified atom stereocenters. The van der Waals surface area contributed by atoms with Crippen molar-refractivity contribution in [2.24, 2.45) is 0 Å². The van der Waals surface area contributed by atoms with Crippen molar-refractivity contribution in [1.29, 1.82) is 0 Å². The molecule has 6 heteroatoms. The number of aromatic nitrogens is 2. The molecule has 0 saturated heterocycles. The van der Waals surface area contributed by atoms with Crippen molar-refractivity contribution in [3.05, 3.63) is 21.5 Å². The van der Waals surface area contributed by atoms with Crippen molar-refractivity contribution in [1.82, 2.24) is 9.78 Å². The third-order valence-electron chi connectivity index (χ3n) is 1.78. The Kier molecular flexibility index (Phi) is 2.92. The van der Waals surface area contributed by atoms with Crippen LogP contribution in [0.5, 0.6) is 0 Å². The summed E-state index contributed by atoms with van der Waals surface area (Å²) in [6.07, 6.45) is 1.93. The van der Waals surface area contributed by atoms with E-state index in [1.54, 1.807) is 30.3 Å². The molecule has 0 aliphatic heterocycles. The second-order valence-electron chi connectivity index (χ2n) is 2.69. The Hall–Kier alpha value is -1.04. The van der Waals surface area contributed by atoms with Crippen LogP contribution in [0.25, 0.3) is 0 Å². The van der Waals surface area contributed by atoms with E-state index in [-0.39, 0.29) is 10.6 Å². The number of nitro groups is 1.